The van der Waals surface area contributed by atoms with Crippen LogP contribution in [0.4, 0.5) is 0 Å². The van der Waals surface area contributed by atoms with Gasteiger partial charge < -0.3 is 5.11 Å². The highest BCUT2D eigenvalue weighted by Crippen LogP contribution is 2.28. The van der Waals surface area contributed by atoms with E-state index in [9.17, 15) is 5.11 Å². The van der Waals surface area contributed by atoms with Gasteiger partial charge >= 0.3 is 0 Å². The summed E-state index contributed by atoms with van der Waals surface area (Å²) in [7, 11) is 0. The van der Waals surface area contributed by atoms with Gasteiger partial charge in [-0.05, 0) is 45.4 Å². The highest BCUT2D eigenvalue weighted by molar-refractivity contribution is 4.94. The van der Waals surface area contributed by atoms with Crippen LogP contribution in [-0.4, -0.2) is 10.7 Å². The van der Waals surface area contributed by atoms with E-state index < -0.39 is 5.60 Å². The molecule has 0 fully saturated rings. The van der Waals surface area contributed by atoms with Crippen LogP contribution >= 0.6 is 0 Å². The molecule has 1 unspecified atom stereocenters. The summed E-state index contributed by atoms with van der Waals surface area (Å²) in [5.74, 6) is 0.396. The molecular weight excluding hydrogens is 172 g/mol. The van der Waals surface area contributed by atoms with Crippen molar-refractivity contribution in [3.63, 3.8) is 0 Å². The van der Waals surface area contributed by atoms with Gasteiger partial charge in [0.15, 0.2) is 0 Å². The number of aliphatic hydroxyl groups is 1. The van der Waals surface area contributed by atoms with Crippen molar-refractivity contribution in [2.75, 3.05) is 0 Å². The molecule has 0 saturated heterocycles. The third-order valence-corrected chi connectivity index (χ3v) is 3.29. The minimum Gasteiger partial charge on any atom is -0.390 e. The molecule has 0 amide bonds. The Balaban J connectivity index is 4.06. The number of rotatable bonds is 6. The van der Waals surface area contributed by atoms with Gasteiger partial charge in [-0.2, -0.15) is 0 Å². The fourth-order valence-electron chi connectivity index (χ4n) is 1.84. The summed E-state index contributed by atoms with van der Waals surface area (Å²) in [6, 6.07) is 0. The molecular formula is C13H26O. The molecule has 1 heteroatoms. The largest absolute Gasteiger partial charge is 0.390 e. The van der Waals surface area contributed by atoms with E-state index >= 15 is 0 Å². The van der Waals surface area contributed by atoms with Gasteiger partial charge in [0.1, 0.15) is 0 Å². The summed E-state index contributed by atoms with van der Waals surface area (Å²) in [6.07, 6.45) is 6.15. The Morgan fingerprint density at radius 3 is 2.14 bits per heavy atom. The second-order valence-electron chi connectivity index (χ2n) is 4.57. The first kappa shape index (κ1) is 13.7. The minimum absolute atomic E-state index is 0.396. The molecule has 0 heterocycles. The summed E-state index contributed by atoms with van der Waals surface area (Å²) in [4.78, 5) is 0. The molecule has 0 rings (SSSR count). The first-order chi connectivity index (χ1) is 6.46. The van der Waals surface area contributed by atoms with Crippen LogP contribution in [0.2, 0.25) is 0 Å². The number of hydrogen-bond donors (Lipinski definition) is 1. The van der Waals surface area contributed by atoms with Crippen LogP contribution in [0.15, 0.2) is 11.6 Å². The maximum atomic E-state index is 10.2. The van der Waals surface area contributed by atoms with E-state index in [2.05, 4.69) is 40.7 Å². The van der Waals surface area contributed by atoms with Gasteiger partial charge in [0, 0.05) is 0 Å². The predicted molar refractivity (Wildman–Crippen MR) is 63.4 cm³/mol. The molecule has 84 valence electrons. The van der Waals surface area contributed by atoms with Crippen LogP contribution < -0.4 is 0 Å². The van der Waals surface area contributed by atoms with Crippen molar-refractivity contribution in [3.05, 3.63) is 11.6 Å². The van der Waals surface area contributed by atoms with E-state index in [1.807, 2.05) is 0 Å². The van der Waals surface area contributed by atoms with Crippen molar-refractivity contribution >= 4 is 0 Å². The monoisotopic (exact) mass is 198 g/mol. The second kappa shape index (κ2) is 6.23. The SMILES string of the molecule is CCC(O)(CC)C(C)CCC=C(C)C. The van der Waals surface area contributed by atoms with Crippen LogP contribution in [0, 0.1) is 5.92 Å². The van der Waals surface area contributed by atoms with Gasteiger partial charge in [-0.1, -0.05) is 32.4 Å². The molecule has 0 aliphatic heterocycles. The van der Waals surface area contributed by atoms with Crippen LogP contribution in [0.25, 0.3) is 0 Å². The molecule has 1 N–H and O–H groups in total. The van der Waals surface area contributed by atoms with E-state index in [-0.39, 0.29) is 0 Å². The lowest BCUT2D eigenvalue weighted by molar-refractivity contribution is -0.0216. The highest BCUT2D eigenvalue weighted by Gasteiger charge is 2.28. The molecule has 0 aromatic rings. The zero-order valence-corrected chi connectivity index (χ0v) is 10.4. The fraction of sp³-hybridized carbons (Fsp3) is 0.846. The van der Waals surface area contributed by atoms with Gasteiger partial charge in [0.2, 0.25) is 0 Å². The molecule has 1 atom stereocenters. The molecule has 0 spiro atoms. The van der Waals surface area contributed by atoms with E-state index in [1.54, 1.807) is 0 Å². The average molecular weight is 198 g/mol. The maximum absolute atomic E-state index is 10.2. The Kier molecular flexibility index (Phi) is 6.10. The third kappa shape index (κ3) is 4.28. The Bertz CT molecular complexity index is 174. The Morgan fingerprint density at radius 2 is 1.79 bits per heavy atom. The smallest absolute Gasteiger partial charge is 0.0668 e. The Labute approximate surface area is 89.2 Å². The van der Waals surface area contributed by atoms with Crippen LogP contribution in [0.3, 0.4) is 0 Å². The predicted octanol–water partition coefficient (Wildman–Crippen LogP) is 3.92. The molecule has 0 bridgehead atoms. The van der Waals surface area contributed by atoms with E-state index in [0.29, 0.717) is 5.92 Å². The average Bonchev–Trinajstić information content (AvgIpc) is 2.15. The molecule has 1 nitrogen and oxygen atoms in total. The third-order valence-electron chi connectivity index (χ3n) is 3.29. The molecule has 0 radical (unpaired) electrons. The van der Waals surface area contributed by atoms with Gasteiger partial charge in [0.05, 0.1) is 5.60 Å². The van der Waals surface area contributed by atoms with E-state index in [1.165, 1.54) is 5.57 Å². The lowest BCUT2D eigenvalue weighted by Crippen LogP contribution is -2.34. The maximum Gasteiger partial charge on any atom is 0.0668 e. The van der Waals surface area contributed by atoms with Crippen LogP contribution in [0.1, 0.15) is 60.3 Å². The quantitative estimate of drug-likeness (QED) is 0.641. The summed E-state index contributed by atoms with van der Waals surface area (Å²) in [5, 5.41) is 10.2. The number of allylic oxidation sites excluding steroid dienone is 2. The summed E-state index contributed by atoms with van der Waals surface area (Å²) >= 11 is 0. The molecule has 0 aliphatic rings. The molecule has 0 aromatic carbocycles. The minimum atomic E-state index is -0.449. The lowest BCUT2D eigenvalue weighted by atomic mass is 9.81. The normalized spacial score (nSPS) is 13.9. The second-order valence-corrected chi connectivity index (χ2v) is 4.57. The molecule has 14 heavy (non-hydrogen) atoms. The zero-order chi connectivity index (χ0) is 11.2. The highest BCUT2D eigenvalue weighted by atomic mass is 16.3. The van der Waals surface area contributed by atoms with Crippen molar-refractivity contribution in [2.45, 2.75) is 65.9 Å². The van der Waals surface area contributed by atoms with Gasteiger partial charge in [-0.15, -0.1) is 0 Å². The van der Waals surface area contributed by atoms with Crippen molar-refractivity contribution in [1.82, 2.24) is 0 Å². The van der Waals surface area contributed by atoms with E-state index in [4.69, 9.17) is 0 Å². The van der Waals surface area contributed by atoms with Crippen molar-refractivity contribution in [2.24, 2.45) is 5.92 Å². The zero-order valence-electron chi connectivity index (χ0n) is 10.4. The van der Waals surface area contributed by atoms with E-state index in [0.717, 1.165) is 25.7 Å². The molecule has 0 aromatic heterocycles. The lowest BCUT2D eigenvalue weighted by Gasteiger charge is -2.32. The van der Waals surface area contributed by atoms with Crippen LogP contribution in [-0.2, 0) is 0 Å². The van der Waals surface area contributed by atoms with Gasteiger partial charge in [-0.3, -0.25) is 0 Å². The van der Waals surface area contributed by atoms with Crippen molar-refractivity contribution < 1.29 is 5.11 Å². The summed E-state index contributed by atoms with van der Waals surface area (Å²) in [6.45, 7) is 10.5. The van der Waals surface area contributed by atoms with Gasteiger partial charge in [-0.25, -0.2) is 0 Å². The topological polar surface area (TPSA) is 20.2 Å². The van der Waals surface area contributed by atoms with Gasteiger partial charge in [0.25, 0.3) is 0 Å². The first-order valence-corrected chi connectivity index (χ1v) is 5.82. The van der Waals surface area contributed by atoms with Crippen LogP contribution in [0.5, 0.6) is 0 Å². The Morgan fingerprint density at radius 1 is 1.29 bits per heavy atom. The fourth-order valence-corrected chi connectivity index (χ4v) is 1.84. The Hall–Kier alpha value is -0.300. The molecule has 0 saturated carbocycles. The summed E-state index contributed by atoms with van der Waals surface area (Å²) < 4.78 is 0. The van der Waals surface area contributed by atoms with Crippen molar-refractivity contribution in [3.8, 4) is 0 Å². The summed E-state index contributed by atoms with van der Waals surface area (Å²) in [5.41, 5.74) is 0.920. The van der Waals surface area contributed by atoms with Crippen molar-refractivity contribution in [1.29, 1.82) is 0 Å². The molecule has 0 aliphatic carbocycles. The standard InChI is InChI=1S/C13H26O/c1-6-13(14,7-2)12(5)10-8-9-11(3)4/h9,12,14H,6-8,10H2,1-5H3. The number of hydrogen-bond acceptors (Lipinski definition) is 1. The first-order valence-electron chi connectivity index (χ1n) is 5.82.